The molecular weight excluding hydrogens is 326 g/mol. The second-order valence-electron chi connectivity index (χ2n) is 6.71. The number of thioether (sulfide) groups is 1. The van der Waals surface area contributed by atoms with Gasteiger partial charge in [0.15, 0.2) is 0 Å². The topological polar surface area (TPSA) is 64.6 Å². The lowest BCUT2D eigenvalue weighted by atomic mass is 9.79. The smallest absolute Gasteiger partial charge is 0.232 e. The van der Waals surface area contributed by atoms with Crippen LogP contribution in [-0.2, 0) is 9.53 Å². The highest BCUT2D eigenvalue weighted by Crippen LogP contribution is 2.38. The van der Waals surface area contributed by atoms with Crippen molar-refractivity contribution in [3.63, 3.8) is 0 Å². The van der Waals surface area contributed by atoms with Gasteiger partial charge in [0.1, 0.15) is 5.60 Å². The third-order valence-corrected chi connectivity index (χ3v) is 5.22. The average Bonchev–Trinajstić information content (AvgIpc) is 2.53. The number of rotatable bonds is 6. The van der Waals surface area contributed by atoms with Gasteiger partial charge in [0.05, 0.1) is 37.3 Å². The third-order valence-electron chi connectivity index (χ3n) is 4.68. The molecule has 3 heterocycles. The fourth-order valence-corrected chi connectivity index (χ4v) is 3.91. The van der Waals surface area contributed by atoms with Crippen LogP contribution in [0, 0.1) is 12.8 Å². The maximum atomic E-state index is 11.9. The average molecular weight is 351 g/mol. The molecule has 132 valence electrons. The number of ether oxygens (including phenoxy) is 2. The van der Waals surface area contributed by atoms with Gasteiger partial charge in [0.25, 0.3) is 0 Å². The zero-order valence-corrected chi connectivity index (χ0v) is 15.2. The highest BCUT2D eigenvalue weighted by Gasteiger charge is 2.48. The number of nitrogens with zero attached hydrogens (tertiary/aromatic N) is 3. The molecule has 2 fully saturated rings. The summed E-state index contributed by atoms with van der Waals surface area (Å²) in [5.74, 6) is 1.95. The van der Waals surface area contributed by atoms with Crippen molar-refractivity contribution in [1.29, 1.82) is 0 Å². The summed E-state index contributed by atoms with van der Waals surface area (Å²) in [6.07, 6.45) is 8.39. The van der Waals surface area contributed by atoms with Gasteiger partial charge in [-0.2, -0.15) is 11.8 Å². The van der Waals surface area contributed by atoms with Crippen molar-refractivity contribution in [3.05, 3.63) is 18.1 Å². The Kier molecular flexibility index (Phi) is 5.61. The summed E-state index contributed by atoms with van der Waals surface area (Å²) in [4.78, 5) is 22.2. The SMILES string of the molecule is CSCC(=O)N1CC2(C[C@@H](CCOc3cncc(C)n3)CCO2)C1. The number of carbonyl (C=O) groups excluding carboxylic acids is 1. The fraction of sp³-hybridized carbons (Fsp3) is 0.706. The number of aromatic nitrogens is 2. The fourth-order valence-electron chi connectivity index (χ4n) is 3.48. The first kappa shape index (κ1) is 17.5. The zero-order valence-electron chi connectivity index (χ0n) is 14.4. The van der Waals surface area contributed by atoms with E-state index in [4.69, 9.17) is 9.47 Å². The molecule has 2 aliphatic rings. The molecule has 7 heteroatoms. The zero-order chi connectivity index (χ0) is 17.0. The van der Waals surface area contributed by atoms with E-state index < -0.39 is 0 Å². The molecule has 24 heavy (non-hydrogen) atoms. The predicted molar refractivity (Wildman–Crippen MR) is 93.3 cm³/mol. The van der Waals surface area contributed by atoms with Crippen LogP contribution in [0.3, 0.4) is 0 Å². The number of hydrogen-bond acceptors (Lipinski definition) is 6. The summed E-state index contributed by atoms with van der Waals surface area (Å²) < 4.78 is 11.7. The monoisotopic (exact) mass is 351 g/mol. The molecule has 2 aliphatic heterocycles. The first-order chi connectivity index (χ1) is 11.6. The van der Waals surface area contributed by atoms with Crippen LogP contribution >= 0.6 is 11.8 Å². The Labute approximate surface area is 147 Å². The van der Waals surface area contributed by atoms with Gasteiger partial charge in [-0.1, -0.05) is 0 Å². The highest BCUT2D eigenvalue weighted by molar-refractivity contribution is 7.99. The molecule has 0 unspecified atom stereocenters. The van der Waals surface area contributed by atoms with E-state index in [0.717, 1.165) is 44.7 Å². The van der Waals surface area contributed by atoms with E-state index in [2.05, 4.69) is 9.97 Å². The van der Waals surface area contributed by atoms with E-state index in [-0.39, 0.29) is 11.5 Å². The van der Waals surface area contributed by atoms with Crippen molar-refractivity contribution in [3.8, 4) is 5.88 Å². The molecule has 0 saturated carbocycles. The van der Waals surface area contributed by atoms with Gasteiger partial charge in [0, 0.05) is 12.8 Å². The first-order valence-corrected chi connectivity index (χ1v) is 9.82. The third kappa shape index (κ3) is 4.19. The molecule has 0 aliphatic carbocycles. The molecule has 0 radical (unpaired) electrons. The summed E-state index contributed by atoms with van der Waals surface area (Å²) >= 11 is 1.57. The van der Waals surface area contributed by atoms with Crippen LogP contribution in [0.1, 0.15) is 25.0 Å². The molecule has 0 aromatic carbocycles. The van der Waals surface area contributed by atoms with Crippen LogP contribution in [0.25, 0.3) is 0 Å². The lowest BCUT2D eigenvalue weighted by Gasteiger charge is -2.53. The number of carbonyl (C=O) groups is 1. The van der Waals surface area contributed by atoms with E-state index in [1.54, 1.807) is 24.2 Å². The second kappa shape index (κ2) is 7.70. The maximum absolute atomic E-state index is 11.9. The van der Waals surface area contributed by atoms with Crippen molar-refractivity contribution in [2.45, 2.75) is 31.8 Å². The van der Waals surface area contributed by atoms with Crippen LogP contribution < -0.4 is 4.74 Å². The molecule has 1 aromatic rings. The molecule has 0 bridgehead atoms. The molecule has 6 nitrogen and oxygen atoms in total. The minimum absolute atomic E-state index is 0.111. The minimum atomic E-state index is -0.111. The van der Waals surface area contributed by atoms with Crippen LogP contribution in [0.4, 0.5) is 0 Å². The highest BCUT2D eigenvalue weighted by atomic mass is 32.2. The van der Waals surface area contributed by atoms with Gasteiger partial charge >= 0.3 is 0 Å². The van der Waals surface area contributed by atoms with Gasteiger partial charge < -0.3 is 14.4 Å². The van der Waals surface area contributed by atoms with Gasteiger partial charge in [0.2, 0.25) is 11.8 Å². The number of hydrogen-bond donors (Lipinski definition) is 0. The second-order valence-corrected chi connectivity index (χ2v) is 7.57. The van der Waals surface area contributed by atoms with Crippen molar-refractivity contribution in [2.75, 3.05) is 38.3 Å². The van der Waals surface area contributed by atoms with E-state index in [0.29, 0.717) is 24.2 Å². The molecule has 2 saturated heterocycles. The lowest BCUT2D eigenvalue weighted by Crippen LogP contribution is -2.66. The molecule has 3 rings (SSSR count). The molecule has 1 amide bonds. The van der Waals surface area contributed by atoms with E-state index in [1.807, 2.05) is 18.1 Å². The molecule has 1 atom stereocenters. The van der Waals surface area contributed by atoms with Crippen LogP contribution in [0.5, 0.6) is 5.88 Å². The predicted octanol–water partition coefficient (Wildman–Crippen LogP) is 1.92. The van der Waals surface area contributed by atoms with E-state index in [1.165, 1.54) is 0 Å². The number of likely N-dealkylation sites (tertiary alicyclic amines) is 1. The summed E-state index contributed by atoms with van der Waals surface area (Å²) in [6, 6.07) is 0. The quantitative estimate of drug-likeness (QED) is 0.780. The Hall–Kier alpha value is -1.34. The van der Waals surface area contributed by atoms with E-state index in [9.17, 15) is 4.79 Å². The van der Waals surface area contributed by atoms with Crippen molar-refractivity contribution >= 4 is 17.7 Å². The maximum Gasteiger partial charge on any atom is 0.232 e. The Morgan fingerprint density at radius 3 is 3.08 bits per heavy atom. The molecule has 0 N–H and O–H groups in total. The van der Waals surface area contributed by atoms with Crippen molar-refractivity contribution in [2.24, 2.45) is 5.92 Å². The molecular formula is C17H25N3O3S. The standard InChI is InChI=1S/C17H25N3O3S/c1-13-8-18-9-15(19-13)22-5-3-14-4-6-23-17(7-14)11-20(12-17)16(21)10-24-2/h8-9,14H,3-7,10-12H2,1-2H3/t14-/m0/s1. The van der Waals surface area contributed by atoms with Crippen LogP contribution in [0.2, 0.25) is 0 Å². The number of aryl methyl sites for hydroxylation is 1. The lowest BCUT2D eigenvalue weighted by molar-refractivity contribution is -0.187. The minimum Gasteiger partial charge on any atom is -0.477 e. The largest absolute Gasteiger partial charge is 0.477 e. The number of amides is 1. The Morgan fingerprint density at radius 1 is 1.50 bits per heavy atom. The summed E-state index contributed by atoms with van der Waals surface area (Å²) in [5, 5.41) is 0. The van der Waals surface area contributed by atoms with Crippen molar-refractivity contribution in [1.82, 2.24) is 14.9 Å². The Morgan fingerprint density at radius 2 is 2.33 bits per heavy atom. The van der Waals surface area contributed by atoms with Crippen LogP contribution in [-0.4, -0.2) is 64.7 Å². The normalized spacial score (nSPS) is 22.2. The van der Waals surface area contributed by atoms with Gasteiger partial charge in [-0.05, 0) is 38.4 Å². The first-order valence-electron chi connectivity index (χ1n) is 8.42. The summed E-state index contributed by atoms with van der Waals surface area (Å²) in [6.45, 7) is 4.82. The van der Waals surface area contributed by atoms with E-state index >= 15 is 0 Å². The van der Waals surface area contributed by atoms with Gasteiger partial charge in [-0.3, -0.25) is 9.78 Å². The Bertz CT molecular complexity index is 578. The van der Waals surface area contributed by atoms with Gasteiger partial charge in [-0.25, -0.2) is 4.98 Å². The molecule has 1 aromatic heterocycles. The van der Waals surface area contributed by atoms with Gasteiger partial charge in [-0.15, -0.1) is 0 Å². The van der Waals surface area contributed by atoms with Crippen molar-refractivity contribution < 1.29 is 14.3 Å². The summed E-state index contributed by atoms with van der Waals surface area (Å²) in [5.41, 5.74) is 0.752. The summed E-state index contributed by atoms with van der Waals surface area (Å²) in [7, 11) is 0. The molecule has 1 spiro atoms. The Balaban J connectivity index is 1.42. The van der Waals surface area contributed by atoms with Crippen LogP contribution in [0.15, 0.2) is 12.4 Å².